The SMILES string of the molecule is CN(C)CCOc1ncccc1S(N)(=O)=O. The summed E-state index contributed by atoms with van der Waals surface area (Å²) in [7, 11) is -0.00277. The van der Waals surface area contributed by atoms with E-state index in [1.54, 1.807) is 0 Å². The molecule has 6 nitrogen and oxygen atoms in total. The molecule has 0 spiro atoms. The fourth-order valence-corrected chi connectivity index (χ4v) is 1.65. The second-order valence-electron chi connectivity index (χ2n) is 3.50. The highest BCUT2D eigenvalue weighted by molar-refractivity contribution is 7.89. The lowest BCUT2D eigenvalue weighted by Gasteiger charge is -2.11. The summed E-state index contributed by atoms with van der Waals surface area (Å²) < 4.78 is 27.7. The van der Waals surface area contributed by atoms with Crippen LogP contribution in [0.15, 0.2) is 23.2 Å². The Balaban J connectivity index is 2.80. The van der Waals surface area contributed by atoms with Crippen molar-refractivity contribution < 1.29 is 13.2 Å². The third kappa shape index (κ3) is 3.76. The Bertz CT molecular complexity index is 445. The summed E-state index contributed by atoms with van der Waals surface area (Å²) in [6.45, 7) is 1.02. The molecule has 1 aromatic heterocycles. The van der Waals surface area contributed by atoms with Crippen molar-refractivity contribution in [1.29, 1.82) is 0 Å². The van der Waals surface area contributed by atoms with Gasteiger partial charge in [-0.25, -0.2) is 18.5 Å². The van der Waals surface area contributed by atoms with Gasteiger partial charge in [-0.15, -0.1) is 0 Å². The standard InChI is InChI=1S/C9H15N3O3S/c1-12(2)6-7-15-9-8(16(10,13)14)4-3-5-11-9/h3-5H,6-7H2,1-2H3,(H2,10,13,14). The molecular weight excluding hydrogens is 230 g/mol. The molecule has 16 heavy (non-hydrogen) atoms. The van der Waals surface area contributed by atoms with Crippen molar-refractivity contribution in [3.05, 3.63) is 18.3 Å². The number of nitrogens with two attached hydrogens (primary N) is 1. The van der Waals surface area contributed by atoms with Gasteiger partial charge in [-0.2, -0.15) is 0 Å². The maximum Gasteiger partial charge on any atom is 0.243 e. The molecule has 0 amide bonds. The molecule has 7 heteroatoms. The summed E-state index contributed by atoms with van der Waals surface area (Å²) in [5.74, 6) is 0.0480. The zero-order valence-corrected chi connectivity index (χ0v) is 10.1. The lowest BCUT2D eigenvalue weighted by Crippen LogP contribution is -2.21. The van der Waals surface area contributed by atoms with Gasteiger partial charge in [0.15, 0.2) is 0 Å². The van der Waals surface area contributed by atoms with Crippen LogP contribution in [0.25, 0.3) is 0 Å². The summed E-state index contributed by atoms with van der Waals surface area (Å²) in [6, 6.07) is 2.87. The van der Waals surface area contributed by atoms with Crippen molar-refractivity contribution in [3.8, 4) is 5.88 Å². The Morgan fingerprint density at radius 1 is 1.50 bits per heavy atom. The Morgan fingerprint density at radius 2 is 2.19 bits per heavy atom. The summed E-state index contributed by atoms with van der Waals surface area (Å²) >= 11 is 0. The lowest BCUT2D eigenvalue weighted by atomic mass is 10.5. The highest BCUT2D eigenvalue weighted by atomic mass is 32.2. The number of hydrogen-bond donors (Lipinski definition) is 1. The number of hydrogen-bond acceptors (Lipinski definition) is 5. The second kappa shape index (κ2) is 5.24. The minimum absolute atomic E-state index is 0.0480. The molecule has 0 aromatic carbocycles. The van der Waals surface area contributed by atoms with Crippen molar-refractivity contribution >= 4 is 10.0 Å². The molecule has 0 unspecified atom stereocenters. The van der Waals surface area contributed by atoms with E-state index in [9.17, 15) is 8.42 Å². The molecule has 0 aliphatic heterocycles. The molecule has 0 saturated heterocycles. The van der Waals surface area contributed by atoms with Gasteiger partial charge in [-0.3, -0.25) is 0 Å². The van der Waals surface area contributed by atoms with E-state index in [2.05, 4.69) is 4.98 Å². The number of sulfonamides is 1. The van der Waals surface area contributed by atoms with E-state index in [1.165, 1.54) is 18.3 Å². The van der Waals surface area contributed by atoms with Crippen LogP contribution in [0.4, 0.5) is 0 Å². The topological polar surface area (TPSA) is 85.5 Å². The fourth-order valence-electron chi connectivity index (χ4n) is 1.03. The average molecular weight is 245 g/mol. The molecule has 90 valence electrons. The van der Waals surface area contributed by atoms with Gasteiger partial charge in [0.2, 0.25) is 15.9 Å². The molecule has 1 rings (SSSR count). The number of nitrogens with zero attached hydrogens (tertiary/aromatic N) is 2. The third-order valence-electron chi connectivity index (χ3n) is 1.82. The lowest BCUT2D eigenvalue weighted by molar-refractivity contribution is 0.248. The number of primary sulfonamides is 1. The molecule has 0 bridgehead atoms. The van der Waals surface area contributed by atoms with Crippen molar-refractivity contribution in [2.45, 2.75) is 4.90 Å². The van der Waals surface area contributed by atoms with Gasteiger partial charge in [0.25, 0.3) is 0 Å². The molecule has 1 heterocycles. The van der Waals surface area contributed by atoms with Gasteiger partial charge >= 0.3 is 0 Å². The van der Waals surface area contributed by atoms with Crippen LogP contribution < -0.4 is 9.88 Å². The molecule has 0 fully saturated rings. The Labute approximate surface area is 95.1 Å². The predicted octanol–water partition coefficient (Wildman–Crippen LogP) is -0.331. The molecule has 2 N–H and O–H groups in total. The Kier molecular flexibility index (Phi) is 4.22. The third-order valence-corrected chi connectivity index (χ3v) is 2.74. The minimum atomic E-state index is -3.79. The molecule has 0 saturated carbocycles. The predicted molar refractivity (Wildman–Crippen MR) is 59.7 cm³/mol. The van der Waals surface area contributed by atoms with Gasteiger partial charge in [0.05, 0.1) is 0 Å². The van der Waals surface area contributed by atoms with Crippen LogP contribution in [0.2, 0.25) is 0 Å². The van der Waals surface area contributed by atoms with E-state index < -0.39 is 10.0 Å². The van der Waals surface area contributed by atoms with Crippen LogP contribution in [-0.2, 0) is 10.0 Å². The van der Waals surface area contributed by atoms with Crippen LogP contribution in [0.5, 0.6) is 5.88 Å². The van der Waals surface area contributed by atoms with E-state index in [0.29, 0.717) is 13.2 Å². The highest BCUT2D eigenvalue weighted by Gasteiger charge is 2.15. The van der Waals surface area contributed by atoms with E-state index in [0.717, 1.165) is 0 Å². The first-order valence-electron chi connectivity index (χ1n) is 4.66. The van der Waals surface area contributed by atoms with Crippen LogP contribution in [0.3, 0.4) is 0 Å². The molecule has 0 radical (unpaired) electrons. The van der Waals surface area contributed by atoms with Crippen molar-refractivity contribution in [1.82, 2.24) is 9.88 Å². The molecule has 0 aliphatic carbocycles. The van der Waals surface area contributed by atoms with Gasteiger partial charge < -0.3 is 9.64 Å². The number of pyridine rings is 1. The van der Waals surface area contributed by atoms with E-state index in [-0.39, 0.29) is 10.8 Å². The molecular formula is C9H15N3O3S. The minimum Gasteiger partial charge on any atom is -0.475 e. The van der Waals surface area contributed by atoms with Crippen molar-refractivity contribution in [2.75, 3.05) is 27.2 Å². The number of rotatable bonds is 5. The number of ether oxygens (including phenoxy) is 1. The maximum absolute atomic E-state index is 11.2. The highest BCUT2D eigenvalue weighted by Crippen LogP contribution is 2.18. The van der Waals surface area contributed by atoms with Gasteiger partial charge in [0.1, 0.15) is 11.5 Å². The van der Waals surface area contributed by atoms with Crippen molar-refractivity contribution in [2.24, 2.45) is 5.14 Å². The Hall–Kier alpha value is -1.18. The molecule has 1 aromatic rings. The molecule has 0 aliphatic rings. The first-order chi connectivity index (χ1) is 7.41. The van der Waals surface area contributed by atoms with Gasteiger partial charge in [-0.1, -0.05) is 0 Å². The summed E-state index contributed by atoms with van der Waals surface area (Å²) in [5.41, 5.74) is 0. The average Bonchev–Trinajstić information content (AvgIpc) is 2.16. The van der Waals surface area contributed by atoms with Crippen LogP contribution in [0, 0.1) is 0 Å². The first kappa shape index (κ1) is 12.9. The summed E-state index contributed by atoms with van der Waals surface area (Å²) in [6.07, 6.45) is 1.46. The van der Waals surface area contributed by atoms with Gasteiger partial charge in [-0.05, 0) is 26.2 Å². The maximum atomic E-state index is 11.2. The van der Waals surface area contributed by atoms with Crippen LogP contribution in [-0.4, -0.2) is 45.5 Å². The largest absolute Gasteiger partial charge is 0.475 e. The number of likely N-dealkylation sites (N-methyl/N-ethyl adjacent to an activating group) is 1. The zero-order chi connectivity index (χ0) is 12.2. The fraction of sp³-hybridized carbons (Fsp3) is 0.444. The first-order valence-corrected chi connectivity index (χ1v) is 6.21. The van der Waals surface area contributed by atoms with Crippen LogP contribution >= 0.6 is 0 Å². The zero-order valence-electron chi connectivity index (χ0n) is 9.25. The number of aromatic nitrogens is 1. The van der Waals surface area contributed by atoms with E-state index in [1.807, 2.05) is 19.0 Å². The normalized spacial score (nSPS) is 11.8. The van der Waals surface area contributed by atoms with Crippen molar-refractivity contribution in [3.63, 3.8) is 0 Å². The summed E-state index contributed by atoms with van der Waals surface area (Å²) in [4.78, 5) is 5.67. The Morgan fingerprint density at radius 3 is 2.75 bits per heavy atom. The van der Waals surface area contributed by atoms with Crippen LogP contribution in [0.1, 0.15) is 0 Å². The monoisotopic (exact) mass is 245 g/mol. The van der Waals surface area contributed by atoms with E-state index >= 15 is 0 Å². The molecule has 0 atom stereocenters. The summed E-state index contributed by atoms with van der Waals surface area (Å²) in [5, 5.41) is 5.03. The second-order valence-corrected chi connectivity index (χ2v) is 5.03. The van der Waals surface area contributed by atoms with E-state index in [4.69, 9.17) is 9.88 Å². The smallest absolute Gasteiger partial charge is 0.243 e. The quantitative estimate of drug-likeness (QED) is 0.767. The van der Waals surface area contributed by atoms with Gasteiger partial charge in [0, 0.05) is 12.7 Å².